The highest BCUT2D eigenvalue weighted by molar-refractivity contribution is 5.69. The Hall–Kier alpha value is -0.830. The Morgan fingerprint density at radius 2 is 1.89 bits per heavy atom. The maximum Gasteiger partial charge on any atom is 0.305 e. The zero-order valence-electron chi connectivity index (χ0n) is 12.0. The molecule has 0 saturated heterocycles. The summed E-state index contributed by atoms with van der Waals surface area (Å²) in [6, 6.07) is 0. The van der Waals surface area contributed by atoms with Crippen molar-refractivity contribution in [2.75, 3.05) is 19.8 Å². The number of esters is 1. The number of allylic oxidation sites excluding steroid dienone is 1. The Bertz CT molecular complexity index is 212. The van der Waals surface area contributed by atoms with E-state index >= 15 is 0 Å². The van der Waals surface area contributed by atoms with Crippen LogP contribution in [0.5, 0.6) is 0 Å². The third-order valence-electron chi connectivity index (χ3n) is 2.58. The van der Waals surface area contributed by atoms with Gasteiger partial charge in [-0.05, 0) is 32.6 Å². The van der Waals surface area contributed by atoms with Gasteiger partial charge in [0.2, 0.25) is 0 Å². The number of ether oxygens (including phenoxy) is 2. The molecule has 0 atom stereocenters. The smallest absolute Gasteiger partial charge is 0.305 e. The average molecular weight is 256 g/mol. The Balaban J connectivity index is 3.15. The first kappa shape index (κ1) is 17.2. The minimum Gasteiger partial charge on any atom is -0.466 e. The molecule has 0 N–H and O–H groups in total. The summed E-state index contributed by atoms with van der Waals surface area (Å²) in [6.45, 7) is 6.07. The molecule has 0 bridgehead atoms. The predicted octanol–water partition coefficient (Wildman–Crippen LogP) is 3.87. The Morgan fingerprint density at radius 3 is 2.61 bits per heavy atom. The van der Waals surface area contributed by atoms with Gasteiger partial charge in [0.1, 0.15) is 0 Å². The minimum absolute atomic E-state index is 0.0719. The van der Waals surface area contributed by atoms with Crippen LogP contribution < -0.4 is 0 Å². The number of rotatable bonds is 12. The van der Waals surface area contributed by atoms with Crippen molar-refractivity contribution in [2.45, 2.75) is 58.8 Å². The fourth-order valence-corrected chi connectivity index (χ4v) is 1.53. The van der Waals surface area contributed by atoms with Gasteiger partial charge in [0.15, 0.2) is 0 Å². The van der Waals surface area contributed by atoms with Gasteiger partial charge in [-0.2, -0.15) is 0 Å². The monoisotopic (exact) mass is 256 g/mol. The molecule has 0 rings (SSSR count). The molecule has 0 spiro atoms. The van der Waals surface area contributed by atoms with E-state index < -0.39 is 0 Å². The van der Waals surface area contributed by atoms with E-state index in [0.29, 0.717) is 13.0 Å². The highest BCUT2D eigenvalue weighted by atomic mass is 16.5. The second-order valence-electron chi connectivity index (χ2n) is 4.30. The topological polar surface area (TPSA) is 35.5 Å². The second kappa shape index (κ2) is 14.2. The summed E-state index contributed by atoms with van der Waals surface area (Å²) in [7, 11) is 0. The summed E-state index contributed by atoms with van der Waals surface area (Å²) < 4.78 is 10.3. The molecule has 0 amide bonds. The van der Waals surface area contributed by atoms with Crippen LogP contribution in [0.15, 0.2) is 12.2 Å². The molecule has 0 unspecified atom stereocenters. The summed E-state index contributed by atoms with van der Waals surface area (Å²) in [5.74, 6) is -0.0719. The number of carbonyl (C=O) groups is 1. The lowest BCUT2D eigenvalue weighted by molar-refractivity contribution is -0.143. The summed E-state index contributed by atoms with van der Waals surface area (Å²) in [6.07, 6.45) is 11.3. The van der Waals surface area contributed by atoms with Gasteiger partial charge < -0.3 is 9.47 Å². The van der Waals surface area contributed by atoms with Crippen molar-refractivity contribution >= 4 is 5.97 Å². The van der Waals surface area contributed by atoms with E-state index in [4.69, 9.17) is 9.47 Å². The van der Waals surface area contributed by atoms with Crippen LogP contribution in [0.25, 0.3) is 0 Å². The lowest BCUT2D eigenvalue weighted by atomic mass is 10.1. The first-order valence-electron chi connectivity index (χ1n) is 7.19. The van der Waals surface area contributed by atoms with Gasteiger partial charge >= 0.3 is 5.97 Å². The van der Waals surface area contributed by atoms with Crippen LogP contribution in [0.1, 0.15) is 58.8 Å². The highest BCUT2D eigenvalue weighted by Crippen LogP contribution is 2.04. The van der Waals surface area contributed by atoms with Crippen LogP contribution in [0.4, 0.5) is 0 Å². The molecule has 0 fully saturated rings. The van der Waals surface area contributed by atoms with Crippen LogP contribution >= 0.6 is 0 Å². The molecule has 0 saturated carbocycles. The molecule has 106 valence electrons. The van der Waals surface area contributed by atoms with Crippen molar-refractivity contribution in [3.05, 3.63) is 12.2 Å². The van der Waals surface area contributed by atoms with Crippen molar-refractivity contribution in [3.63, 3.8) is 0 Å². The van der Waals surface area contributed by atoms with Crippen molar-refractivity contribution in [1.29, 1.82) is 0 Å². The van der Waals surface area contributed by atoms with Crippen molar-refractivity contribution in [1.82, 2.24) is 0 Å². The lowest BCUT2D eigenvalue weighted by Crippen LogP contribution is -2.02. The standard InChI is InChI=1S/C15H28O3/c1-3-5-13-17-14-11-9-7-6-8-10-12-15(16)18-4-2/h9,11H,3-8,10,12-14H2,1-2H3. The molecule has 0 heterocycles. The molecule has 3 heteroatoms. The molecule has 0 aliphatic carbocycles. The Labute approximate surface area is 112 Å². The first-order valence-corrected chi connectivity index (χ1v) is 7.19. The van der Waals surface area contributed by atoms with Crippen molar-refractivity contribution in [2.24, 2.45) is 0 Å². The summed E-state index contributed by atoms with van der Waals surface area (Å²) >= 11 is 0. The van der Waals surface area contributed by atoms with E-state index in [-0.39, 0.29) is 5.97 Å². The van der Waals surface area contributed by atoms with Crippen LogP contribution in [0, 0.1) is 0 Å². The lowest BCUT2D eigenvalue weighted by Gasteiger charge is -2.01. The second-order valence-corrected chi connectivity index (χ2v) is 4.30. The third-order valence-corrected chi connectivity index (χ3v) is 2.58. The number of unbranched alkanes of at least 4 members (excludes halogenated alkanes) is 4. The highest BCUT2D eigenvalue weighted by Gasteiger charge is 1.99. The SMILES string of the molecule is CCCCOCC=CCCCCCC(=O)OCC. The van der Waals surface area contributed by atoms with Gasteiger partial charge in [-0.15, -0.1) is 0 Å². The maximum absolute atomic E-state index is 11.1. The molecule has 0 aromatic carbocycles. The number of hydrogen-bond acceptors (Lipinski definition) is 3. The Kier molecular flexibility index (Phi) is 13.6. The van der Waals surface area contributed by atoms with E-state index in [1.165, 1.54) is 6.42 Å². The fraction of sp³-hybridized carbons (Fsp3) is 0.800. The first-order chi connectivity index (χ1) is 8.81. The van der Waals surface area contributed by atoms with Crippen LogP contribution in [0.3, 0.4) is 0 Å². The predicted molar refractivity (Wildman–Crippen MR) is 74.6 cm³/mol. The quantitative estimate of drug-likeness (QED) is 0.302. The molecule has 0 aromatic heterocycles. The zero-order valence-corrected chi connectivity index (χ0v) is 12.0. The van der Waals surface area contributed by atoms with Crippen LogP contribution in [-0.4, -0.2) is 25.8 Å². The van der Waals surface area contributed by atoms with Gasteiger partial charge in [-0.25, -0.2) is 0 Å². The van der Waals surface area contributed by atoms with Crippen molar-refractivity contribution < 1.29 is 14.3 Å². The van der Waals surface area contributed by atoms with Gasteiger partial charge in [0, 0.05) is 13.0 Å². The summed E-state index contributed by atoms with van der Waals surface area (Å²) in [5, 5.41) is 0. The van der Waals surface area contributed by atoms with Gasteiger partial charge in [0.05, 0.1) is 13.2 Å². The van der Waals surface area contributed by atoms with Gasteiger partial charge in [0.25, 0.3) is 0 Å². The molecule has 0 radical (unpaired) electrons. The maximum atomic E-state index is 11.1. The molecule has 18 heavy (non-hydrogen) atoms. The van der Waals surface area contributed by atoms with Crippen molar-refractivity contribution in [3.8, 4) is 0 Å². The third kappa shape index (κ3) is 13.2. The molecule has 0 aliphatic rings. The van der Waals surface area contributed by atoms with E-state index in [2.05, 4.69) is 19.1 Å². The zero-order chi connectivity index (χ0) is 13.5. The fourth-order valence-electron chi connectivity index (χ4n) is 1.53. The largest absolute Gasteiger partial charge is 0.466 e. The Morgan fingerprint density at radius 1 is 1.06 bits per heavy atom. The summed E-state index contributed by atoms with van der Waals surface area (Å²) in [4.78, 5) is 11.1. The van der Waals surface area contributed by atoms with Gasteiger partial charge in [-0.1, -0.05) is 31.9 Å². The van der Waals surface area contributed by atoms with Crippen LogP contribution in [-0.2, 0) is 14.3 Å². The minimum atomic E-state index is -0.0719. The van der Waals surface area contributed by atoms with E-state index in [1.807, 2.05) is 6.92 Å². The molecular weight excluding hydrogens is 228 g/mol. The van der Waals surface area contributed by atoms with E-state index in [1.54, 1.807) is 0 Å². The molecule has 3 nitrogen and oxygen atoms in total. The van der Waals surface area contributed by atoms with E-state index in [9.17, 15) is 4.79 Å². The molecule has 0 aliphatic heterocycles. The number of carbonyl (C=O) groups excluding carboxylic acids is 1. The van der Waals surface area contributed by atoms with Gasteiger partial charge in [-0.3, -0.25) is 4.79 Å². The average Bonchev–Trinajstić information content (AvgIpc) is 2.36. The molecule has 0 aromatic rings. The van der Waals surface area contributed by atoms with E-state index in [0.717, 1.165) is 45.3 Å². The van der Waals surface area contributed by atoms with Crippen LogP contribution in [0.2, 0.25) is 0 Å². The summed E-state index contributed by atoms with van der Waals surface area (Å²) in [5.41, 5.74) is 0. The molecular formula is C15H28O3. The normalized spacial score (nSPS) is 11.0. The number of hydrogen-bond donors (Lipinski definition) is 0.